The van der Waals surface area contributed by atoms with Crippen molar-refractivity contribution in [3.05, 3.63) is 29.3 Å². The normalized spacial score (nSPS) is 14.1. The zero-order valence-corrected chi connectivity index (χ0v) is 11.2. The van der Waals surface area contributed by atoms with Crippen molar-refractivity contribution in [2.45, 2.75) is 12.8 Å². The summed E-state index contributed by atoms with van der Waals surface area (Å²) in [5, 5.41) is 8.95. The molecule has 0 saturated heterocycles. The number of amides is 1. The van der Waals surface area contributed by atoms with Gasteiger partial charge >= 0.3 is 5.97 Å². The topological polar surface area (TPSA) is 60.9 Å². The molecule has 1 heterocycles. The summed E-state index contributed by atoms with van der Waals surface area (Å²) < 4.78 is 0. The summed E-state index contributed by atoms with van der Waals surface area (Å²) in [6, 6.07) is 4.89. The van der Waals surface area contributed by atoms with Crippen molar-refractivity contribution in [3.8, 4) is 0 Å². The van der Waals surface area contributed by atoms with Crippen LogP contribution < -0.4 is 4.90 Å². The average molecular weight is 262 g/mol. The lowest BCUT2D eigenvalue weighted by molar-refractivity contribution is -0.117. The number of hydrogen-bond donors (Lipinski definition) is 1. The maximum atomic E-state index is 12.0. The Hall–Kier alpha value is -1.88. The summed E-state index contributed by atoms with van der Waals surface area (Å²) in [7, 11) is 4.00. The molecule has 0 saturated carbocycles. The third-order valence-corrected chi connectivity index (χ3v) is 3.25. The molecule has 5 heteroatoms. The van der Waals surface area contributed by atoms with Crippen molar-refractivity contribution in [1.82, 2.24) is 4.90 Å². The minimum Gasteiger partial charge on any atom is -0.478 e. The summed E-state index contributed by atoms with van der Waals surface area (Å²) in [6.07, 6.45) is 1.21. The number of benzene rings is 1. The van der Waals surface area contributed by atoms with E-state index in [1.807, 2.05) is 14.1 Å². The number of anilines is 1. The SMILES string of the molecule is CN(C)CCCN1C(=O)Cc2cc(C(=O)O)ccc21. The van der Waals surface area contributed by atoms with Gasteiger partial charge in [0, 0.05) is 12.2 Å². The van der Waals surface area contributed by atoms with E-state index in [0.29, 0.717) is 13.0 Å². The number of nitrogens with zero attached hydrogens (tertiary/aromatic N) is 2. The predicted octanol–water partition coefficient (Wildman–Crippen LogP) is 1.23. The minimum atomic E-state index is -0.957. The number of carbonyl (C=O) groups is 2. The van der Waals surface area contributed by atoms with E-state index < -0.39 is 5.97 Å². The Morgan fingerprint density at radius 2 is 2.16 bits per heavy atom. The Labute approximate surface area is 112 Å². The van der Waals surface area contributed by atoms with E-state index in [2.05, 4.69) is 4.90 Å². The molecule has 19 heavy (non-hydrogen) atoms. The highest BCUT2D eigenvalue weighted by Crippen LogP contribution is 2.29. The van der Waals surface area contributed by atoms with Crippen molar-refractivity contribution < 1.29 is 14.7 Å². The molecular weight excluding hydrogens is 244 g/mol. The van der Waals surface area contributed by atoms with Crippen molar-refractivity contribution in [3.63, 3.8) is 0 Å². The zero-order chi connectivity index (χ0) is 14.0. The summed E-state index contributed by atoms with van der Waals surface area (Å²) in [5.41, 5.74) is 1.91. The second-order valence-corrected chi connectivity index (χ2v) is 5.03. The van der Waals surface area contributed by atoms with Gasteiger partial charge in [-0.25, -0.2) is 4.79 Å². The second kappa shape index (κ2) is 5.40. The van der Waals surface area contributed by atoms with Gasteiger partial charge in [0.25, 0.3) is 0 Å². The molecule has 0 spiro atoms. The maximum Gasteiger partial charge on any atom is 0.335 e. The van der Waals surface area contributed by atoms with Crippen LogP contribution in [0.25, 0.3) is 0 Å². The van der Waals surface area contributed by atoms with Gasteiger partial charge in [0.2, 0.25) is 5.91 Å². The molecule has 1 aliphatic heterocycles. The molecule has 0 aromatic heterocycles. The van der Waals surface area contributed by atoms with E-state index in [1.54, 1.807) is 23.1 Å². The third kappa shape index (κ3) is 2.93. The Bertz CT molecular complexity index is 511. The fraction of sp³-hybridized carbons (Fsp3) is 0.429. The molecule has 0 radical (unpaired) electrons. The van der Waals surface area contributed by atoms with Crippen LogP contribution in [0.5, 0.6) is 0 Å². The van der Waals surface area contributed by atoms with Crippen LogP contribution in [0, 0.1) is 0 Å². The van der Waals surface area contributed by atoms with Gasteiger partial charge in [0.05, 0.1) is 12.0 Å². The van der Waals surface area contributed by atoms with E-state index in [0.717, 1.165) is 24.2 Å². The van der Waals surface area contributed by atoms with Crippen LogP contribution in [0.4, 0.5) is 5.69 Å². The summed E-state index contributed by atoms with van der Waals surface area (Å²) >= 11 is 0. The molecule has 0 bridgehead atoms. The lowest BCUT2D eigenvalue weighted by Crippen LogP contribution is -2.29. The monoisotopic (exact) mass is 262 g/mol. The predicted molar refractivity (Wildman–Crippen MR) is 72.6 cm³/mol. The number of hydrogen-bond acceptors (Lipinski definition) is 3. The van der Waals surface area contributed by atoms with Gasteiger partial charge < -0.3 is 14.9 Å². The number of carboxylic acid groups (broad SMARTS) is 1. The molecule has 2 rings (SSSR count). The smallest absolute Gasteiger partial charge is 0.335 e. The molecule has 5 nitrogen and oxygen atoms in total. The first-order valence-corrected chi connectivity index (χ1v) is 6.30. The first-order valence-electron chi connectivity index (χ1n) is 6.30. The van der Waals surface area contributed by atoms with Gasteiger partial charge in [0.15, 0.2) is 0 Å². The van der Waals surface area contributed by atoms with Crippen molar-refractivity contribution in [1.29, 1.82) is 0 Å². The molecule has 1 amide bonds. The van der Waals surface area contributed by atoms with Gasteiger partial charge in [-0.2, -0.15) is 0 Å². The number of rotatable bonds is 5. The van der Waals surface area contributed by atoms with Gasteiger partial charge in [-0.3, -0.25) is 4.79 Å². The third-order valence-electron chi connectivity index (χ3n) is 3.25. The Balaban J connectivity index is 2.13. The lowest BCUT2D eigenvalue weighted by atomic mass is 10.1. The highest BCUT2D eigenvalue weighted by molar-refractivity contribution is 6.02. The summed E-state index contributed by atoms with van der Waals surface area (Å²) in [4.78, 5) is 26.7. The standard InChI is InChI=1S/C14H18N2O3/c1-15(2)6-3-7-16-12-5-4-10(14(18)19)8-11(12)9-13(16)17/h4-5,8H,3,6-7,9H2,1-2H3,(H,18,19). The van der Waals surface area contributed by atoms with Crippen LogP contribution >= 0.6 is 0 Å². The minimum absolute atomic E-state index is 0.0521. The first kappa shape index (κ1) is 13.5. The molecule has 0 atom stereocenters. The van der Waals surface area contributed by atoms with Gasteiger partial charge in [-0.1, -0.05) is 0 Å². The lowest BCUT2D eigenvalue weighted by Gasteiger charge is -2.18. The van der Waals surface area contributed by atoms with Crippen LogP contribution in [0.15, 0.2) is 18.2 Å². The highest BCUT2D eigenvalue weighted by atomic mass is 16.4. The molecule has 102 valence electrons. The number of carboxylic acids is 1. The van der Waals surface area contributed by atoms with Crippen molar-refractivity contribution >= 4 is 17.6 Å². The Kier molecular flexibility index (Phi) is 3.85. The molecule has 1 aliphatic rings. The van der Waals surface area contributed by atoms with Crippen LogP contribution in [0.2, 0.25) is 0 Å². The molecule has 1 N–H and O–H groups in total. The van der Waals surface area contributed by atoms with E-state index >= 15 is 0 Å². The summed E-state index contributed by atoms with van der Waals surface area (Å²) in [5.74, 6) is -0.905. The molecule has 0 aliphatic carbocycles. The number of carbonyl (C=O) groups excluding carboxylic acids is 1. The zero-order valence-electron chi connectivity index (χ0n) is 11.2. The molecule has 0 unspecified atom stereocenters. The van der Waals surface area contributed by atoms with Crippen molar-refractivity contribution in [2.75, 3.05) is 32.1 Å². The highest BCUT2D eigenvalue weighted by Gasteiger charge is 2.27. The maximum absolute atomic E-state index is 12.0. The van der Waals surface area contributed by atoms with E-state index in [1.165, 1.54) is 0 Å². The Morgan fingerprint density at radius 1 is 1.42 bits per heavy atom. The fourth-order valence-electron chi connectivity index (χ4n) is 2.31. The van der Waals surface area contributed by atoms with E-state index in [4.69, 9.17) is 5.11 Å². The van der Waals surface area contributed by atoms with E-state index in [-0.39, 0.29) is 11.5 Å². The van der Waals surface area contributed by atoms with Crippen LogP contribution in [-0.4, -0.2) is 49.1 Å². The first-order chi connectivity index (χ1) is 8.99. The largest absolute Gasteiger partial charge is 0.478 e. The summed E-state index contributed by atoms with van der Waals surface area (Å²) in [6.45, 7) is 1.60. The van der Waals surface area contributed by atoms with Crippen LogP contribution in [0.3, 0.4) is 0 Å². The van der Waals surface area contributed by atoms with Gasteiger partial charge in [-0.15, -0.1) is 0 Å². The number of aromatic carboxylic acids is 1. The van der Waals surface area contributed by atoms with Crippen molar-refractivity contribution in [2.24, 2.45) is 0 Å². The van der Waals surface area contributed by atoms with E-state index in [9.17, 15) is 9.59 Å². The second-order valence-electron chi connectivity index (χ2n) is 5.03. The fourth-order valence-corrected chi connectivity index (χ4v) is 2.31. The van der Waals surface area contributed by atoms with Gasteiger partial charge in [0.1, 0.15) is 0 Å². The molecule has 1 aromatic rings. The van der Waals surface area contributed by atoms with Gasteiger partial charge in [-0.05, 0) is 50.8 Å². The molecule has 1 aromatic carbocycles. The van der Waals surface area contributed by atoms with Crippen LogP contribution in [-0.2, 0) is 11.2 Å². The average Bonchev–Trinajstić information content (AvgIpc) is 2.64. The number of fused-ring (bicyclic) bond motifs is 1. The van der Waals surface area contributed by atoms with Crippen LogP contribution in [0.1, 0.15) is 22.3 Å². The molecule has 0 fully saturated rings. The quantitative estimate of drug-likeness (QED) is 0.867. The Morgan fingerprint density at radius 3 is 2.79 bits per heavy atom. The molecular formula is C14H18N2O3.